The standard InChI is InChI=1S/C38H40ClN5O3/c1-42(26-28-9-3-2-4-10-28)37(46)32-13-7-8-14-34(32)43-21-23-44(24-22-43)38(47)33(25-27-15-17-30(39)18-16-27)41-36(45)35-31-12-6-5-11-29(31)19-20-40-35/h2-18,33,35,40H,19-26H2,1H3,(H,41,45)/t33-,35?/m1/s1. The molecule has 1 unspecified atom stereocenters. The zero-order chi connectivity index (χ0) is 32.8. The Morgan fingerprint density at radius 3 is 2.30 bits per heavy atom. The van der Waals surface area contributed by atoms with Crippen molar-refractivity contribution >= 4 is 35.0 Å². The quantitative estimate of drug-likeness (QED) is 0.270. The van der Waals surface area contributed by atoms with Crippen molar-refractivity contribution in [2.75, 3.05) is 44.7 Å². The molecule has 0 bridgehead atoms. The Morgan fingerprint density at radius 1 is 0.851 bits per heavy atom. The van der Waals surface area contributed by atoms with E-state index in [1.165, 1.54) is 0 Å². The Morgan fingerprint density at radius 2 is 1.53 bits per heavy atom. The van der Waals surface area contributed by atoms with Gasteiger partial charge < -0.3 is 25.3 Å². The Balaban J connectivity index is 1.15. The summed E-state index contributed by atoms with van der Waals surface area (Å²) in [7, 11) is 1.82. The van der Waals surface area contributed by atoms with E-state index >= 15 is 0 Å². The molecule has 0 radical (unpaired) electrons. The molecule has 0 saturated carbocycles. The molecule has 8 nitrogen and oxygen atoms in total. The summed E-state index contributed by atoms with van der Waals surface area (Å²) in [4.78, 5) is 47.1. The number of amides is 3. The molecule has 9 heteroatoms. The van der Waals surface area contributed by atoms with E-state index in [2.05, 4.69) is 21.6 Å². The monoisotopic (exact) mass is 649 g/mol. The molecule has 0 aromatic heterocycles. The number of halogens is 1. The summed E-state index contributed by atoms with van der Waals surface area (Å²) in [6, 6.07) is 31.7. The molecule has 2 aliphatic heterocycles. The predicted molar refractivity (Wildman–Crippen MR) is 185 cm³/mol. The third-order valence-electron chi connectivity index (χ3n) is 9.01. The lowest BCUT2D eigenvalue weighted by molar-refractivity contribution is -0.137. The molecule has 2 aliphatic rings. The predicted octanol–water partition coefficient (Wildman–Crippen LogP) is 4.88. The van der Waals surface area contributed by atoms with E-state index in [9.17, 15) is 14.4 Å². The van der Waals surface area contributed by atoms with Crippen LogP contribution in [0.1, 0.15) is 38.7 Å². The van der Waals surface area contributed by atoms with Gasteiger partial charge in [0.25, 0.3) is 5.91 Å². The van der Waals surface area contributed by atoms with E-state index in [1.807, 2.05) is 96.9 Å². The molecule has 6 rings (SSSR count). The third kappa shape index (κ3) is 7.67. The largest absolute Gasteiger partial charge is 0.367 e. The van der Waals surface area contributed by atoms with Gasteiger partial charge in [-0.3, -0.25) is 14.4 Å². The van der Waals surface area contributed by atoms with Gasteiger partial charge in [-0.1, -0.05) is 90.5 Å². The Kier molecular flexibility index (Phi) is 10.2. The van der Waals surface area contributed by atoms with Crippen LogP contribution in [-0.2, 0) is 29.0 Å². The van der Waals surface area contributed by atoms with Crippen molar-refractivity contribution in [3.05, 3.63) is 136 Å². The smallest absolute Gasteiger partial charge is 0.256 e. The van der Waals surface area contributed by atoms with E-state index in [1.54, 1.807) is 17.0 Å². The van der Waals surface area contributed by atoms with Gasteiger partial charge in [0.05, 0.1) is 5.56 Å². The van der Waals surface area contributed by atoms with Crippen molar-refractivity contribution in [2.45, 2.75) is 31.5 Å². The summed E-state index contributed by atoms with van der Waals surface area (Å²) >= 11 is 6.13. The maximum Gasteiger partial charge on any atom is 0.256 e. The van der Waals surface area contributed by atoms with Crippen LogP contribution < -0.4 is 15.5 Å². The summed E-state index contributed by atoms with van der Waals surface area (Å²) in [5.74, 6) is -0.384. The molecule has 2 heterocycles. The minimum atomic E-state index is -0.744. The first-order valence-electron chi connectivity index (χ1n) is 16.2. The van der Waals surface area contributed by atoms with Gasteiger partial charge >= 0.3 is 0 Å². The lowest BCUT2D eigenvalue weighted by Gasteiger charge is -2.38. The maximum atomic E-state index is 14.1. The number of nitrogens with zero attached hydrogens (tertiary/aromatic N) is 3. The number of carbonyl (C=O) groups is 3. The topological polar surface area (TPSA) is 85.0 Å². The summed E-state index contributed by atoms with van der Waals surface area (Å²) in [5.41, 5.74) is 5.57. The van der Waals surface area contributed by atoms with Gasteiger partial charge in [0, 0.05) is 63.4 Å². The highest BCUT2D eigenvalue weighted by Gasteiger charge is 2.33. The van der Waals surface area contributed by atoms with Crippen molar-refractivity contribution in [1.29, 1.82) is 0 Å². The lowest BCUT2D eigenvalue weighted by Crippen LogP contribution is -2.57. The average Bonchev–Trinajstić information content (AvgIpc) is 3.12. The van der Waals surface area contributed by atoms with Gasteiger partial charge in [-0.2, -0.15) is 0 Å². The van der Waals surface area contributed by atoms with E-state index in [4.69, 9.17) is 11.6 Å². The SMILES string of the molecule is CN(Cc1ccccc1)C(=O)c1ccccc1N1CCN(C(=O)[C@@H](Cc2ccc(Cl)cc2)NC(=O)C2NCCc3ccccc32)CC1. The molecular formula is C38H40ClN5O3. The third-order valence-corrected chi connectivity index (χ3v) is 9.27. The Labute approximate surface area is 281 Å². The fourth-order valence-corrected chi connectivity index (χ4v) is 6.63. The molecule has 2 atom stereocenters. The van der Waals surface area contributed by atoms with Crippen LogP contribution >= 0.6 is 11.6 Å². The first kappa shape index (κ1) is 32.3. The average molecular weight is 650 g/mol. The van der Waals surface area contributed by atoms with Crippen LogP contribution in [-0.4, -0.2) is 73.3 Å². The fourth-order valence-electron chi connectivity index (χ4n) is 6.50. The van der Waals surface area contributed by atoms with E-state index < -0.39 is 12.1 Å². The van der Waals surface area contributed by atoms with Crippen molar-refractivity contribution < 1.29 is 14.4 Å². The van der Waals surface area contributed by atoms with Crippen LogP contribution in [0.2, 0.25) is 5.02 Å². The first-order chi connectivity index (χ1) is 22.9. The van der Waals surface area contributed by atoms with E-state index in [-0.39, 0.29) is 17.7 Å². The van der Waals surface area contributed by atoms with Crippen molar-refractivity contribution in [1.82, 2.24) is 20.4 Å². The number of benzene rings is 4. The van der Waals surface area contributed by atoms with Crippen LogP contribution in [0, 0.1) is 0 Å². The summed E-state index contributed by atoms with van der Waals surface area (Å²) in [5, 5.41) is 7.05. The van der Waals surface area contributed by atoms with Crippen molar-refractivity contribution in [3.63, 3.8) is 0 Å². The molecule has 4 aromatic carbocycles. The highest BCUT2D eigenvalue weighted by Crippen LogP contribution is 2.26. The molecule has 3 amide bonds. The summed E-state index contributed by atoms with van der Waals surface area (Å²) < 4.78 is 0. The zero-order valence-electron chi connectivity index (χ0n) is 26.6. The number of para-hydroxylation sites is 1. The van der Waals surface area contributed by atoms with Gasteiger partial charge in [-0.25, -0.2) is 0 Å². The van der Waals surface area contributed by atoms with Crippen LogP contribution in [0.3, 0.4) is 0 Å². The van der Waals surface area contributed by atoms with Gasteiger partial charge in [0.1, 0.15) is 12.1 Å². The number of hydrogen-bond donors (Lipinski definition) is 2. The maximum absolute atomic E-state index is 14.1. The first-order valence-corrected chi connectivity index (χ1v) is 16.5. The molecule has 4 aromatic rings. The fraction of sp³-hybridized carbons (Fsp3) is 0.289. The molecule has 0 spiro atoms. The van der Waals surface area contributed by atoms with Gasteiger partial charge in [-0.05, 0) is 52.9 Å². The minimum absolute atomic E-state index is 0.0494. The lowest BCUT2D eigenvalue weighted by atomic mass is 9.93. The molecule has 47 heavy (non-hydrogen) atoms. The normalized spacial score (nSPS) is 16.6. The highest BCUT2D eigenvalue weighted by atomic mass is 35.5. The second-order valence-electron chi connectivity index (χ2n) is 12.2. The van der Waals surface area contributed by atoms with Crippen molar-refractivity contribution in [3.8, 4) is 0 Å². The second-order valence-corrected chi connectivity index (χ2v) is 12.6. The van der Waals surface area contributed by atoms with Gasteiger partial charge in [0.2, 0.25) is 11.8 Å². The zero-order valence-corrected chi connectivity index (χ0v) is 27.3. The number of hydrogen-bond acceptors (Lipinski definition) is 5. The molecule has 242 valence electrons. The molecule has 1 saturated heterocycles. The Hall–Kier alpha value is -4.66. The number of piperazine rings is 1. The Bertz CT molecular complexity index is 1710. The number of carbonyl (C=O) groups excluding carboxylic acids is 3. The summed E-state index contributed by atoms with van der Waals surface area (Å²) in [6.45, 7) is 3.28. The van der Waals surface area contributed by atoms with E-state index in [0.29, 0.717) is 56.3 Å². The van der Waals surface area contributed by atoms with E-state index in [0.717, 1.165) is 34.4 Å². The van der Waals surface area contributed by atoms with Crippen LogP contribution in [0.25, 0.3) is 0 Å². The number of fused-ring (bicyclic) bond motifs is 1. The van der Waals surface area contributed by atoms with Crippen LogP contribution in [0.4, 0.5) is 5.69 Å². The number of rotatable bonds is 9. The van der Waals surface area contributed by atoms with Gasteiger partial charge in [-0.15, -0.1) is 0 Å². The second kappa shape index (κ2) is 14.8. The molecule has 0 aliphatic carbocycles. The molecular weight excluding hydrogens is 610 g/mol. The van der Waals surface area contributed by atoms with Crippen LogP contribution in [0.5, 0.6) is 0 Å². The number of nitrogens with one attached hydrogen (secondary N) is 2. The minimum Gasteiger partial charge on any atom is -0.367 e. The number of anilines is 1. The van der Waals surface area contributed by atoms with Crippen LogP contribution in [0.15, 0.2) is 103 Å². The van der Waals surface area contributed by atoms with Crippen molar-refractivity contribution in [2.24, 2.45) is 0 Å². The summed E-state index contributed by atoms with van der Waals surface area (Å²) in [6.07, 6.45) is 1.21. The highest BCUT2D eigenvalue weighted by molar-refractivity contribution is 6.30. The molecule has 1 fully saturated rings. The van der Waals surface area contributed by atoms with Gasteiger partial charge in [0.15, 0.2) is 0 Å². The molecule has 2 N–H and O–H groups in total.